The summed E-state index contributed by atoms with van der Waals surface area (Å²) in [4.78, 5) is 16.0. The first-order valence-electron chi connectivity index (χ1n) is 8.36. The standard InChI is InChI=1S/C17H15Cl2F3N6O/c1-10-6-14(17(20,21)22)25-28(10)5-4-15(29)24-16-23-9-27(26-16)8-11-2-3-12(18)13(19)7-11/h2-3,6-7,9H,4-5,8H2,1H3,(H,24,26,29). The number of nitrogens with zero attached hydrogens (tertiary/aromatic N) is 5. The summed E-state index contributed by atoms with van der Waals surface area (Å²) in [6.45, 7) is 1.86. The van der Waals surface area contributed by atoms with Crippen LogP contribution in [-0.4, -0.2) is 30.5 Å². The van der Waals surface area contributed by atoms with Crippen molar-refractivity contribution in [3.05, 3.63) is 57.6 Å². The molecule has 12 heteroatoms. The van der Waals surface area contributed by atoms with Crippen LogP contribution in [0.15, 0.2) is 30.6 Å². The highest BCUT2D eigenvalue weighted by molar-refractivity contribution is 6.42. The molecular weight excluding hydrogens is 432 g/mol. The number of rotatable bonds is 6. The zero-order valence-electron chi connectivity index (χ0n) is 15.0. The highest BCUT2D eigenvalue weighted by Crippen LogP contribution is 2.28. The van der Waals surface area contributed by atoms with Crippen LogP contribution < -0.4 is 5.32 Å². The van der Waals surface area contributed by atoms with Crippen LogP contribution >= 0.6 is 23.2 Å². The molecule has 154 valence electrons. The van der Waals surface area contributed by atoms with Crippen molar-refractivity contribution in [3.8, 4) is 0 Å². The van der Waals surface area contributed by atoms with Crippen LogP contribution in [0.3, 0.4) is 0 Å². The van der Waals surface area contributed by atoms with Crippen molar-refractivity contribution in [1.82, 2.24) is 24.5 Å². The molecule has 0 unspecified atom stereocenters. The molecule has 0 fully saturated rings. The Morgan fingerprint density at radius 3 is 2.59 bits per heavy atom. The van der Waals surface area contributed by atoms with Gasteiger partial charge in [-0.3, -0.25) is 14.8 Å². The molecule has 2 aromatic heterocycles. The molecule has 29 heavy (non-hydrogen) atoms. The molecule has 0 saturated heterocycles. The monoisotopic (exact) mass is 446 g/mol. The molecule has 2 heterocycles. The lowest BCUT2D eigenvalue weighted by molar-refractivity contribution is -0.141. The van der Waals surface area contributed by atoms with E-state index in [1.807, 2.05) is 0 Å². The minimum Gasteiger partial charge on any atom is -0.293 e. The average molecular weight is 447 g/mol. The first kappa shape index (κ1) is 21.1. The zero-order valence-corrected chi connectivity index (χ0v) is 16.6. The summed E-state index contributed by atoms with van der Waals surface area (Å²) in [6.07, 6.45) is -3.17. The predicted octanol–water partition coefficient (Wildman–Crippen LogP) is 4.19. The van der Waals surface area contributed by atoms with E-state index in [4.69, 9.17) is 23.2 Å². The topological polar surface area (TPSA) is 77.6 Å². The number of halogens is 5. The first-order valence-corrected chi connectivity index (χ1v) is 9.12. The number of anilines is 1. The molecule has 3 rings (SSSR count). The molecule has 1 amide bonds. The predicted molar refractivity (Wildman–Crippen MR) is 101 cm³/mol. The van der Waals surface area contributed by atoms with Crippen LogP contribution in [0.2, 0.25) is 10.0 Å². The van der Waals surface area contributed by atoms with Crippen molar-refractivity contribution in [1.29, 1.82) is 0 Å². The first-order chi connectivity index (χ1) is 13.6. The molecule has 0 atom stereocenters. The third-order valence-corrected chi connectivity index (χ3v) is 4.68. The number of hydrogen-bond acceptors (Lipinski definition) is 4. The Morgan fingerprint density at radius 2 is 1.93 bits per heavy atom. The maximum Gasteiger partial charge on any atom is 0.435 e. The van der Waals surface area contributed by atoms with Gasteiger partial charge in [0.1, 0.15) is 6.33 Å². The summed E-state index contributed by atoms with van der Waals surface area (Å²) in [6, 6.07) is 6.09. The van der Waals surface area contributed by atoms with Gasteiger partial charge in [-0.2, -0.15) is 18.3 Å². The Balaban J connectivity index is 1.55. The van der Waals surface area contributed by atoms with Crippen LogP contribution in [0.4, 0.5) is 19.1 Å². The van der Waals surface area contributed by atoms with E-state index < -0.39 is 17.8 Å². The minimum absolute atomic E-state index is 0.00225. The number of hydrogen-bond donors (Lipinski definition) is 1. The lowest BCUT2D eigenvalue weighted by Crippen LogP contribution is -2.17. The van der Waals surface area contributed by atoms with E-state index in [1.165, 1.54) is 17.9 Å². The van der Waals surface area contributed by atoms with Gasteiger partial charge in [0.15, 0.2) is 5.69 Å². The zero-order chi connectivity index (χ0) is 21.2. The van der Waals surface area contributed by atoms with Gasteiger partial charge in [-0.1, -0.05) is 29.3 Å². The Hall–Kier alpha value is -2.59. The summed E-state index contributed by atoms with van der Waals surface area (Å²) < 4.78 is 40.7. The lowest BCUT2D eigenvalue weighted by Gasteiger charge is -2.05. The molecule has 0 aliphatic heterocycles. The van der Waals surface area contributed by atoms with Gasteiger partial charge in [-0.25, -0.2) is 9.67 Å². The Labute approximate surface area is 173 Å². The summed E-state index contributed by atoms with van der Waals surface area (Å²) in [5, 5.41) is 11.0. The van der Waals surface area contributed by atoms with Gasteiger partial charge >= 0.3 is 6.18 Å². The van der Waals surface area contributed by atoms with Crippen LogP contribution in [-0.2, 0) is 24.1 Å². The molecule has 0 bridgehead atoms. The van der Waals surface area contributed by atoms with Gasteiger partial charge in [0.2, 0.25) is 11.9 Å². The van der Waals surface area contributed by atoms with Crippen molar-refractivity contribution in [2.45, 2.75) is 32.6 Å². The number of amides is 1. The molecule has 1 N–H and O–H groups in total. The van der Waals surface area contributed by atoms with Gasteiger partial charge in [-0.05, 0) is 30.7 Å². The van der Waals surface area contributed by atoms with Crippen molar-refractivity contribution in [2.75, 3.05) is 5.32 Å². The number of aromatic nitrogens is 5. The number of benzene rings is 1. The molecule has 1 aromatic carbocycles. The second-order valence-electron chi connectivity index (χ2n) is 6.20. The highest BCUT2D eigenvalue weighted by Gasteiger charge is 2.34. The van der Waals surface area contributed by atoms with E-state index in [9.17, 15) is 18.0 Å². The lowest BCUT2D eigenvalue weighted by atomic mass is 10.2. The molecule has 0 aliphatic rings. The Morgan fingerprint density at radius 1 is 1.17 bits per heavy atom. The van der Waals surface area contributed by atoms with Crippen molar-refractivity contribution < 1.29 is 18.0 Å². The normalized spacial score (nSPS) is 11.7. The van der Waals surface area contributed by atoms with Crippen LogP contribution in [0, 0.1) is 6.92 Å². The van der Waals surface area contributed by atoms with Crippen LogP contribution in [0.25, 0.3) is 0 Å². The number of aryl methyl sites for hydroxylation is 2. The highest BCUT2D eigenvalue weighted by atomic mass is 35.5. The fraction of sp³-hybridized carbons (Fsp3) is 0.294. The fourth-order valence-corrected chi connectivity index (χ4v) is 2.84. The van der Waals surface area contributed by atoms with E-state index in [-0.39, 0.29) is 18.9 Å². The smallest absolute Gasteiger partial charge is 0.293 e. The summed E-state index contributed by atoms with van der Waals surface area (Å²) in [7, 11) is 0. The maximum atomic E-state index is 12.7. The molecule has 0 aliphatic carbocycles. The Bertz CT molecular complexity index is 1030. The minimum atomic E-state index is -4.52. The van der Waals surface area contributed by atoms with Gasteiger partial charge in [0, 0.05) is 18.7 Å². The number of alkyl halides is 3. The van der Waals surface area contributed by atoms with E-state index in [1.54, 1.807) is 18.2 Å². The third kappa shape index (κ3) is 5.48. The molecule has 3 aromatic rings. The van der Waals surface area contributed by atoms with Crippen LogP contribution in [0.1, 0.15) is 23.4 Å². The molecule has 0 spiro atoms. The number of carbonyl (C=O) groups excluding carboxylic acids is 1. The quantitative estimate of drug-likeness (QED) is 0.615. The fourth-order valence-electron chi connectivity index (χ4n) is 2.52. The number of carbonyl (C=O) groups is 1. The van der Waals surface area contributed by atoms with Crippen molar-refractivity contribution in [3.63, 3.8) is 0 Å². The second-order valence-corrected chi connectivity index (χ2v) is 7.02. The molecule has 0 radical (unpaired) electrons. The molecule has 7 nitrogen and oxygen atoms in total. The van der Waals surface area contributed by atoms with E-state index in [0.29, 0.717) is 22.3 Å². The third-order valence-electron chi connectivity index (χ3n) is 3.94. The summed E-state index contributed by atoms with van der Waals surface area (Å²) in [5.41, 5.74) is 0.170. The SMILES string of the molecule is Cc1cc(C(F)(F)F)nn1CCC(=O)Nc1ncn(Cc2ccc(Cl)c(Cl)c2)n1. The van der Waals surface area contributed by atoms with Crippen molar-refractivity contribution >= 4 is 35.1 Å². The molecular formula is C17H15Cl2F3N6O. The summed E-state index contributed by atoms with van der Waals surface area (Å²) in [5.74, 6) is -0.357. The van der Waals surface area contributed by atoms with E-state index in [0.717, 1.165) is 16.3 Å². The largest absolute Gasteiger partial charge is 0.435 e. The van der Waals surface area contributed by atoms with Gasteiger partial charge < -0.3 is 0 Å². The van der Waals surface area contributed by atoms with E-state index in [2.05, 4.69) is 20.5 Å². The number of nitrogens with one attached hydrogen (secondary N) is 1. The van der Waals surface area contributed by atoms with Crippen molar-refractivity contribution in [2.24, 2.45) is 0 Å². The Kier molecular flexibility index (Phi) is 6.13. The van der Waals surface area contributed by atoms with Gasteiger partial charge in [-0.15, -0.1) is 5.10 Å². The maximum absolute atomic E-state index is 12.7. The van der Waals surface area contributed by atoms with Crippen LogP contribution in [0.5, 0.6) is 0 Å². The molecule has 0 saturated carbocycles. The van der Waals surface area contributed by atoms with E-state index >= 15 is 0 Å². The summed E-state index contributed by atoms with van der Waals surface area (Å²) >= 11 is 11.8. The second kappa shape index (κ2) is 8.42. The van der Waals surface area contributed by atoms with Gasteiger partial charge in [0.05, 0.1) is 16.6 Å². The average Bonchev–Trinajstić information content (AvgIpc) is 3.22. The van der Waals surface area contributed by atoms with Gasteiger partial charge in [0.25, 0.3) is 0 Å².